The van der Waals surface area contributed by atoms with Gasteiger partial charge in [0.1, 0.15) is 0 Å². The van der Waals surface area contributed by atoms with Gasteiger partial charge in [-0.25, -0.2) is 0 Å². The maximum atomic E-state index is 9.99. The summed E-state index contributed by atoms with van der Waals surface area (Å²) in [4.78, 5) is 0. The van der Waals surface area contributed by atoms with Crippen LogP contribution in [0.3, 0.4) is 0 Å². The fourth-order valence-electron chi connectivity index (χ4n) is 3.45. The molecule has 2 nitrogen and oxygen atoms in total. The lowest BCUT2D eigenvalue weighted by Gasteiger charge is -2.46. The van der Waals surface area contributed by atoms with Gasteiger partial charge in [-0.05, 0) is 48.9 Å². The van der Waals surface area contributed by atoms with Crippen LogP contribution in [-0.2, 0) is 0 Å². The number of benzene rings is 1. The minimum atomic E-state index is -0.180. The van der Waals surface area contributed by atoms with E-state index < -0.39 is 0 Å². The van der Waals surface area contributed by atoms with E-state index in [0.29, 0.717) is 11.8 Å². The molecule has 3 heteroatoms. The molecule has 1 aliphatic rings. The average molecular weight is 282 g/mol. The molecule has 1 saturated carbocycles. The van der Waals surface area contributed by atoms with Crippen LogP contribution in [0.1, 0.15) is 39.5 Å². The van der Waals surface area contributed by atoms with Crippen molar-refractivity contribution in [3.05, 3.63) is 29.3 Å². The van der Waals surface area contributed by atoms with Crippen molar-refractivity contribution < 1.29 is 5.11 Å². The standard InChI is InChI=1S/C16H24ClNO/c1-12(2)15-5-3-4-10-16(15,11-19)18-14-8-6-13(17)7-9-14/h6-9,12,15,18-19H,3-5,10-11H2,1-2H3. The SMILES string of the molecule is CC(C)C1CCCCC1(CO)Nc1ccc(Cl)cc1. The second kappa shape index (κ2) is 6.15. The lowest BCUT2D eigenvalue weighted by atomic mass is 9.68. The Morgan fingerprint density at radius 3 is 2.58 bits per heavy atom. The summed E-state index contributed by atoms with van der Waals surface area (Å²) in [6.45, 7) is 4.70. The van der Waals surface area contributed by atoms with E-state index in [9.17, 15) is 5.11 Å². The van der Waals surface area contributed by atoms with Crippen LogP contribution in [-0.4, -0.2) is 17.3 Å². The molecule has 1 aromatic carbocycles. The Morgan fingerprint density at radius 2 is 2.00 bits per heavy atom. The maximum absolute atomic E-state index is 9.99. The number of halogens is 1. The smallest absolute Gasteiger partial charge is 0.0664 e. The van der Waals surface area contributed by atoms with Crippen molar-refractivity contribution in [2.75, 3.05) is 11.9 Å². The van der Waals surface area contributed by atoms with Crippen molar-refractivity contribution in [1.29, 1.82) is 0 Å². The molecule has 0 aromatic heterocycles. The van der Waals surface area contributed by atoms with Crippen LogP contribution in [0, 0.1) is 11.8 Å². The first-order valence-corrected chi connectivity index (χ1v) is 7.60. The molecular weight excluding hydrogens is 258 g/mol. The van der Waals surface area contributed by atoms with Crippen LogP contribution in [0.2, 0.25) is 5.02 Å². The first kappa shape index (κ1) is 14.7. The highest BCUT2D eigenvalue weighted by Gasteiger charge is 2.41. The molecule has 1 fully saturated rings. The summed E-state index contributed by atoms with van der Waals surface area (Å²) in [5.41, 5.74) is 0.867. The number of nitrogens with one attached hydrogen (secondary N) is 1. The molecule has 0 aliphatic heterocycles. The third-order valence-electron chi connectivity index (χ3n) is 4.42. The monoisotopic (exact) mass is 281 g/mol. The van der Waals surface area contributed by atoms with Gasteiger partial charge in [-0.15, -0.1) is 0 Å². The minimum Gasteiger partial charge on any atom is -0.394 e. The Hall–Kier alpha value is -0.730. The third kappa shape index (κ3) is 3.24. The Bertz CT molecular complexity index is 404. The second-order valence-corrected chi connectivity index (χ2v) is 6.48. The molecule has 19 heavy (non-hydrogen) atoms. The molecule has 0 amide bonds. The van der Waals surface area contributed by atoms with E-state index in [4.69, 9.17) is 11.6 Å². The minimum absolute atomic E-state index is 0.180. The van der Waals surface area contributed by atoms with E-state index in [2.05, 4.69) is 19.2 Å². The summed E-state index contributed by atoms with van der Waals surface area (Å²) in [5, 5.41) is 14.3. The first-order chi connectivity index (χ1) is 9.07. The Labute approximate surface area is 121 Å². The van der Waals surface area contributed by atoms with Gasteiger partial charge < -0.3 is 10.4 Å². The topological polar surface area (TPSA) is 32.3 Å². The molecule has 2 atom stereocenters. The molecule has 2 rings (SSSR count). The molecule has 0 spiro atoms. The van der Waals surface area contributed by atoms with Gasteiger partial charge in [0.2, 0.25) is 0 Å². The number of aliphatic hydroxyl groups is 1. The van der Waals surface area contributed by atoms with E-state index in [1.807, 2.05) is 24.3 Å². The zero-order valence-corrected chi connectivity index (χ0v) is 12.6. The molecular formula is C16H24ClNO. The molecule has 0 radical (unpaired) electrons. The van der Waals surface area contributed by atoms with E-state index in [1.165, 1.54) is 19.3 Å². The summed E-state index contributed by atoms with van der Waals surface area (Å²) in [7, 11) is 0. The Balaban J connectivity index is 2.22. The quantitative estimate of drug-likeness (QED) is 0.861. The molecule has 2 unspecified atom stereocenters. The van der Waals surface area contributed by atoms with E-state index in [-0.39, 0.29) is 12.1 Å². The van der Waals surface area contributed by atoms with Gasteiger partial charge in [0.05, 0.1) is 12.1 Å². The number of hydrogen-bond acceptors (Lipinski definition) is 2. The Kier molecular flexibility index (Phi) is 4.75. The lowest BCUT2D eigenvalue weighted by Crippen LogP contribution is -2.52. The van der Waals surface area contributed by atoms with Crippen molar-refractivity contribution >= 4 is 17.3 Å². The summed E-state index contributed by atoms with van der Waals surface area (Å²) in [5.74, 6) is 1.09. The summed E-state index contributed by atoms with van der Waals surface area (Å²) in [6, 6.07) is 7.77. The highest BCUT2D eigenvalue weighted by atomic mass is 35.5. The lowest BCUT2D eigenvalue weighted by molar-refractivity contribution is 0.0898. The van der Waals surface area contributed by atoms with Crippen molar-refractivity contribution in [3.63, 3.8) is 0 Å². The van der Waals surface area contributed by atoms with Crippen molar-refractivity contribution in [3.8, 4) is 0 Å². The van der Waals surface area contributed by atoms with Crippen molar-refractivity contribution in [1.82, 2.24) is 0 Å². The number of aliphatic hydroxyl groups excluding tert-OH is 1. The second-order valence-electron chi connectivity index (χ2n) is 6.04. The zero-order valence-electron chi connectivity index (χ0n) is 11.8. The van der Waals surface area contributed by atoms with Gasteiger partial charge in [-0.1, -0.05) is 38.3 Å². The number of hydrogen-bond donors (Lipinski definition) is 2. The molecule has 1 aromatic rings. The average Bonchev–Trinajstić information content (AvgIpc) is 2.41. The van der Waals surface area contributed by atoms with Crippen LogP contribution in [0.25, 0.3) is 0 Å². The first-order valence-electron chi connectivity index (χ1n) is 7.22. The van der Waals surface area contributed by atoms with Crippen LogP contribution >= 0.6 is 11.6 Å². The maximum Gasteiger partial charge on any atom is 0.0664 e. The van der Waals surface area contributed by atoms with Crippen LogP contribution in [0.5, 0.6) is 0 Å². The van der Waals surface area contributed by atoms with E-state index in [0.717, 1.165) is 17.1 Å². The van der Waals surface area contributed by atoms with Crippen LogP contribution in [0.15, 0.2) is 24.3 Å². The predicted molar refractivity (Wildman–Crippen MR) is 81.7 cm³/mol. The summed E-state index contributed by atoms with van der Waals surface area (Å²) in [6.07, 6.45) is 4.69. The highest BCUT2D eigenvalue weighted by Crippen LogP contribution is 2.40. The third-order valence-corrected chi connectivity index (χ3v) is 4.67. The molecule has 0 heterocycles. The normalized spacial score (nSPS) is 27.5. The highest BCUT2D eigenvalue weighted by molar-refractivity contribution is 6.30. The van der Waals surface area contributed by atoms with Gasteiger partial charge in [0.15, 0.2) is 0 Å². The fourth-order valence-corrected chi connectivity index (χ4v) is 3.58. The van der Waals surface area contributed by atoms with Crippen molar-refractivity contribution in [2.45, 2.75) is 45.1 Å². The Morgan fingerprint density at radius 1 is 1.32 bits per heavy atom. The summed E-state index contributed by atoms with van der Waals surface area (Å²) < 4.78 is 0. The molecule has 0 bridgehead atoms. The largest absolute Gasteiger partial charge is 0.394 e. The van der Waals surface area contributed by atoms with E-state index >= 15 is 0 Å². The van der Waals surface area contributed by atoms with E-state index in [1.54, 1.807) is 0 Å². The summed E-state index contributed by atoms with van der Waals surface area (Å²) >= 11 is 5.92. The van der Waals surface area contributed by atoms with Crippen LogP contribution in [0.4, 0.5) is 5.69 Å². The van der Waals surface area contributed by atoms with Gasteiger partial charge >= 0.3 is 0 Å². The fraction of sp³-hybridized carbons (Fsp3) is 0.625. The molecule has 0 saturated heterocycles. The number of rotatable bonds is 4. The zero-order chi connectivity index (χ0) is 13.9. The van der Waals surface area contributed by atoms with Crippen LogP contribution < -0.4 is 5.32 Å². The van der Waals surface area contributed by atoms with Gasteiger partial charge in [0.25, 0.3) is 0 Å². The van der Waals surface area contributed by atoms with Gasteiger partial charge in [0, 0.05) is 10.7 Å². The number of anilines is 1. The van der Waals surface area contributed by atoms with Gasteiger partial charge in [-0.3, -0.25) is 0 Å². The van der Waals surface area contributed by atoms with Gasteiger partial charge in [-0.2, -0.15) is 0 Å². The predicted octanol–water partition coefficient (Wildman–Crippen LogP) is 4.33. The molecule has 1 aliphatic carbocycles. The molecule has 2 N–H and O–H groups in total. The molecule has 106 valence electrons. The van der Waals surface area contributed by atoms with Crippen molar-refractivity contribution in [2.24, 2.45) is 11.8 Å².